The number of rotatable bonds is 4. The summed E-state index contributed by atoms with van der Waals surface area (Å²) in [6.45, 7) is 3.94. The van der Waals surface area contributed by atoms with Crippen LogP contribution in [0.5, 0.6) is 0 Å². The molecule has 3 rings (SSSR count). The topological polar surface area (TPSA) is 68.0 Å². The lowest BCUT2D eigenvalue weighted by atomic mass is 10.0. The molecule has 5 nitrogen and oxygen atoms in total. The molecule has 0 radical (unpaired) electrons. The van der Waals surface area contributed by atoms with Crippen molar-refractivity contribution in [3.05, 3.63) is 35.2 Å². The number of carbonyl (C=O) groups is 1. The van der Waals surface area contributed by atoms with Gasteiger partial charge in [0.1, 0.15) is 0 Å². The lowest BCUT2D eigenvalue weighted by molar-refractivity contribution is -0.132. The second-order valence-electron chi connectivity index (χ2n) is 5.93. The van der Waals surface area contributed by atoms with Crippen LogP contribution in [0.4, 0.5) is 8.78 Å². The molecule has 0 bridgehead atoms. The molecule has 2 aromatic rings. The molecular formula is C16H17F2N3O2. The number of aromatic nitrogens is 2. The summed E-state index contributed by atoms with van der Waals surface area (Å²) in [7, 11) is 0. The summed E-state index contributed by atoms with van der Waals surface area (Å²) < 4.78 is 29.9. The van der Waals surface area contributed by atoms with Crippen LogP contribution in [-0.2, 0) is 11.2 Å². The highest BCUT2D eigenvalue weighted by Gasteiger charge is 2.27. The molecule has 1 N–H and O–H groups in total. The number of nitrogens with zero attached hydrogens (tertiary/aromatic N) is 2. The van der Waals surface area contributed by atoms with Crippen LogP contribution in [0.25, 0.3) is 11.4 Å². The molecule has 0 saturated heterocycles. The molecular weight excluding hydrogens is 304 g/mol. The molecule has 1 unspecified atom stereocenters. The van der Waals surface area contributed by atoms with Crippen LogP contribution in [0.2, 0.25) is 0 Å². The number of alkyl halides is 2. The minimum Gasteiger partial charge on any atom is -0.344 e. The van der Waals surface area contributed by atoms with Crippen molar-refractivity contribution in [1.29, 1.82) is 0 Å². The summed E-state index contributed by atoms with van der Waals surface area (Å²) in [5, 5.41) is 6.34. The molecule has 122 valence electrons. The molecule has 1 aliphatic rings. The largest absolute Gasteiger partial charge is 0.344 e. The molecule has 23 heavy (non-hydrogen) atoms. The first-order chi connectivity index (χ1) is 11.0. The third-order valence-corrected chi connectivity index (χ3v) is 3.93. The highest BCUT2D eigenvalue weighted by molar-refractivity contribution is 5.79. The molecule has 1 aromatic heterocycles. The van der Waals surface area contributed by atoms with Gasteiger partial charge in [-0.15, -0.1) is 0 Å². The smallest absolute Gasteiger partial charge is 0.315 e. The number of fused-ring (bicyclic) bond motifs is 1. The van der Waals surface area contributed by atoms with E-state index in [1.165, 1.54) is 0 Å². The Bertz CT molecular complexity index is 728. The van der Waals surface area contributed by atoms with Crippen molar-refractivity contribution in [2.75, 3.05) is 0 Å². The molecule has 0 saturated carbocycles. The lowest BCUT2D eigenvalue weighted by Gasteiger charge is -2.13. The van der Waals surface area contributed by atoms with E-state index >= 15 is 0 Å². The van der Waals surface area contributed by atoms with Gasteiger partial charge in [0, 0.05) is 11.5 Å². The summed E-state index contributed by atoms with van der Waals surface area (Å²) >= 11 is 0. The van der Waals surface area contributed by atoms with Crippen molar-refractivity contribution in [2.24, 2.45) is 0 Å². The van der Waals surface area contributed by atoms with E-state index in [1.54, 1.807) is 0 Å². The van der Waals surface area contributed by atoms with Crippen LogP contribution in [-0.4, -0.2) is 22.5 Å². The number of benzene rings is 1. The Hall–Kier alpha value is -2.31. The SMILES string of the molecule is CC(C)c1nc(-c2ccc3c(c2)CCC3NC(=O)C(F)F)no1. The van der Waals surface area contributed by atoms with Crippen LogP contribution in [0.3, 0.4) is 0 Å². The van der Waals surface area contributed by atoms with Crippen molar-refractivity contribution in [1.82, 2.24) is 15.5 Å². The molecule has 7 heteroatoms. The Morgan fingerprint density at radius 2 is 2.17 bits per heavy atom. The van der Waals surface area contributed by atoms with Gasteiger partial charge in [0.05, 0.1) is 6.04 Å². The molecule has 1 amide bonds. The van der Waals surface area contributed by atoms with Gasteiger partial charge < -0.3 is 9.84 Å². The van der Waals surface area contributed by atoms with Crippen molar-refractivity contribution in [2.45, 2.75) is 45.1 Å². The van der Waals surface area contributed by atoms with Gasteiger partial charge in [-0.3, -0.25) is 4.79 Å². The first-order valence-electron chi connectivity index (χ1n) is 7.51. The maximum absolute atomic E-state index is 12.4. The van der Waals surface area contributed by atoms with Crippen molar-refractivity contribution in [3.63, 3.8) is 0 Å². The summed E-state index contributed by atoms with van der Waals surface area (Å²) in [6, 6.07) is 5.22. The zero-order chi connectivity index (χ0) is 16.6. The first kappa shape index (κ1) is 15.6. The fourth-order valence-corrected chi connectivity index (χ4v) is 2.73. The third kappa shape index (κ3) is 3.09. The first-order valence-corrected chi connectivity index (χ1v) is 7.51. The molecule has 1 aromatic carbocycles. The van der Waals surface area contributed by atoms with Gasteiger partial charge in [0.2, 0.25) is 11.7 Å². The van der Waals surface area contributed by atoms with Gasteiger partial charge >= 0.3 is 6.43 Å². The van der Waals surface area contributed by atoms with Gasteiger partial charge in [-0.2, -0.15) is 13.8 Å². The summed E-state index contributed by atoms with van der Waals surface area (Å²) in [5.41, 5.74) is 2.70. The maximum Gasteiger partial charge on any atom is 0.315 e. The van der Waals surface area contributed by atoms with Gasteiger partial charge in [-0.05, 0) is 30.0 Å². The lowest BCUT2D eigenvalue weighted by Crippen LogP contribution is -2.32. The van der Waals surface area contributed by atoms with Gasteiger partial charge in [0.25, 0.3) is 5.91 Å². The second kappa shape index (κ2) is 6.06. The average molecular weight is 321 g/mol. The number of halogens is 2. The van der Waals surface area contributed by atoms with Crippen molar-refractivity contribution >= 4 is 5.91 Å². The predicted molar refractivity (Wildman–Crippen MR) is 79.0 cm³/mol. The van der Waals surface area contributed by atoms with E-state index in [0.717, 1.165) is 16.7 Å². The molecule has 1 atom stereocenters. The van der Waals surface area contributed by atoms with Crippen LogP contribution in [0.1, 0.15) is 49.2 Å². The fraction of sp³-hybridized carbons (Fsp3) is 0.438. The average Bonchev–Trinajstić information content (AvgIpc) is 3.14. The number of amides is 1. The maximum atomic E-state index is 12.4. The number of nitrogens with one attached hydrogen (secondary N) is 1. The van der Waals surface area contributed by atoms with E-state index in [0.29, 0.717) is 24.6 Å². The zero-order valence-corrected chi connectivity index (χ0v) is 12.8. The summed E-state index contributed by atoms with van der Waals surface area (Å²) in [4.78, 5) is 15.5. The molecule has 1 aliphatic carbocycles. The van der Waals surface area contributed by atoms with Crippen LogP contribution >= 0.6 is 0 Å². The third-order valence-electron chi connectivity index (χ3n) is 3.93. The van der Waals surface area contributed by atoms with Gasteiger partial charge in [-0.25, -0.2) is 0 Å². The van der Waals surface area contributed by atoms with E-state index in [1.807, 2.05) is 32.0 Å². The zero-order valence-electron chi connectivity index (χ0n) is 12.8. The van der Waals surface area contributed by atoms with Crippen LogP contribution in [0, 0.1) is 0 Å². The molecule has 0 aliphatic heterocycles. The Kier molecular flexibility index (Phi) is 4.11. The quantitative estimate of drug-likeness (QED) is 0.939. The fourth-order valence-electron chi connectivity index (χ4n) is 2.73. The number of carbonyl (C=O) groups excluding carboxylic acids is 1. The number of hydrogen-bond acceptors (Lipinski definition) is 4. The minimum absolute atomic E-state index is 0.152. The van der Waals surface area contributed by atoms with E-state index in [2.05, 4.69) is 15.5 Å². The monoisotopic (exact) mass is 321 g/mol. The highest BCUT2D eigenvalue weighted by Crippen LogP contribution is 2.34. The summed E-state index contributed by atoms with van der Waals surface area (Å²) in [6.07, 6.45) is -1.67. The summed E-state index contributed by atoms with van der Waals surface area (Å²) in [5.74, 6) is 0.00502. The minimum atomic E-state index is -2.99. The normalized spacial score (nSPS) is 16.9. The standard InChI is InChI=1S/C16H17F2N3O2/c1-8(2)16-20-14(21-23-16)10-3-5-11-9(7-10)4-6-12(11)19-15(22)13(17)18/h3,5,7-8,12-13H,4,6H2,1-2H3,(H,19,22). The van der Waals surface area contributed by atoms with Crippen LogP contribution in [0.15, 0.2) is 22.7 Å². The second-order valence-corrected chi connectivity index (χ2v) is 5.93. The van der Waals surface area contributed by atoms with E-state index < -0.39 is 12.3 Å². The van der Waals surface area contributed by atoms with Crippen molar-refractivity contribution in [3.8, 4) is 11.4 Å². The molecule has 1 heterocycles. The van der Waals surface area contributed by atoms with E-state index in [-0.39, 0.29) is 12.0 Å². The Balaban J connectivity index is 1.82. The van der Waals surface area contributed by atoms with Gasteiger partial charge in [0.15, 0.2) is 0 Å². The van der Waals surface area contributed by atoms with Crippen LogP contribution < -0.4 is 5.32 Å². The Morgan fingerprint density at radius 1 is 1.39 bits per heavy atom. The number of hydrogen-bond donors (Lipinski definition) is 1. The van der Waals surface area contributed by atoms with E-state index in [4.69, 9.17) is 4.52 Å². The molecule has 0 fully saturated rings. The van der Waals surface area contributed by atoms with Gasteiger partial charge in [-0.1, -0.05) is 31.1 Å². The Labute approximate surface area is 132 Å². The highest BCUT2D eigenvalue weighted by atomic mass is 19.3. The predicted octanol–water partition coefficient (Wildman–Crippen LogP) is 3.23. The van der Waals surface area contributed by atoms with E-state index in [9.17, 15) is 13.6 Å². The van der Waals surface area contributed by atoms with Crippen molar-refractivity contribution < 1.29 is 18.1 Å². The number of aryl methyl sites for hydroxylation is 1. The Morgan fingerprint density at radius 3 is 2.83 bits per heavy atom. The molecule has 0 spiro atoms.